The maximum absolute atomic E-state index is 12.9. The van der Waals surface area contributed by atoms with E-state index < -0.39 is 12.0 Å². The number of nitrogens with zero attached hydrogens (tertiary/aromatic N) is 2. The Bertz CT molecular complexity index is 787. The molecule has 2 aromatic carbocycles. The molecule has 0 aliphatic heterocycles. The van der Waals surface area contributed by atoms with Crippen LogP contribution in [0.4, 0.5) is 10.5 Å². The van der Waals surface area contributed by atoms with E-state index >= 15 is 0 Å². The van der Waals surface area contributed by atoms with Crippen LogP contribution in [0.25, 0.3) is 0 Å². The third kappa shape index (κ3) is 4.24. The molecule has 2 N–H and O–H groups in total. The van der Waals surface area contributed by atoms with Crippen molar-refractivity contribution in [2.75, 3.05) is 18.0 Å². The summed E-state index contributed by atoms with van der Waals surface area (Å²) in [6.45, 7) is 0.172. The lowest BCUT2D eigenvalue weighted by molar-refractivity contribution is 0.0986. The molecule has 2 rings (SSSR count). The summed E-state index contributed by atoms with van der Waals surface area (Å²) >= 11 is 5.94. The van der Waals surface area contributed by atoms with Gasteiger partial charge in [-0.2, -0.15) is 5.26 Å². The van der Waals surface area contributed by atoms with E-state index in [-0.39, 0.29) is 24.2 Å². The number of hydrogen-bond donors (Lipinski definition) is 2. The highest BCUT2D eigenvalue weighted by molar-refractivity contribution is 6.31. The van der Waals surface area contributed by atoms with Gasteiger partial charge in [-0.3, -0.25) is 4.79 Å². The van der Waals surface area contributed by atoms with E-state index in [9.17, 15) is 14.9 Å². The van der Waals surface area contributed by atoms with Gasteiger partial charge in [-0.05, 0) is 30.3 Å². The third-order valence-electron chi connectivity index (χ3n) is 3.26. The van der Waals surface area contributed by atoms with Crippen molar-refractivity contribution in [3.8, 4) is 6.07 Å². The lowest BCUT2D eigenvalue weighted by Gasteiger charge is -2.23. The van der Waals surface area contributed by atoms with Gasteiger partial charge < -0.3 is 15.3 Å². The van der Waals surface area contributed by atoms with E-state index in [2.05, 4.69) is 5.32 Å². The summed E-state index contributed by atoms with van der Waals surface area (Å²) in [5.41, 5.74) is 0.972. The molecular formula is C17H14ClN3O3. The van der Waals surface area contributed by atoms with Crippen LogP contribution in [0.5, 0.6) is 0 Å². The van der Waals surface area contributed by atoms with Crippen molar-refractivity contribution < 1.29 is 14.7 Å². The standard InChI is InChI=1S/C17H14ClN3O3/c18-13-7-6-12(11-19)15(10-13)16(22)21(9-8-20-17(23)24)14-4-2-1-3-5-14/h1-7,10,20H,8-9H2,(H,23,24). The predicted octanol–water partition coefficient (Wildman–Crippen LogP) is 3.13. The molecule has 24 heavy (non-hydrogen) atoms. The van der Waals surface area contributed by atoms with Crippen molar-refractivity contribution in [2.24, 2.45) is 0 Å². The first kappa shape index (κ1) is 17.3. The average molecular weight is 344 g/mol. The van der Waals surface area contributed by atoms with Crippen molar-refractivity contribution in [1.82, 2.24) is 5.32 Å². The molecule has 0 fully saturated rings. The molecule has 0 bridgehead atoms. The number of rotatable bonds is 5. The number of carbonyl (C=O) groups is 2. The zero-order valence-electron chi connectivity index (χ0n) is 12.6. The van der Waals surface area contributed by atoms with Gasteiger partial charge in [0, 0.05) is 23.8 Å². The Morgan fingerprint density at radius 2 is 1.92 bits per heavy atom. The number of para-hydroxylation sites is 1. The van der Waals surface area contributed by atoms with Crippen molar-refractivity contribution in [2.45, 2.75) is 0 Å². The van der Waals surface area contributed by atoms with E-state index in [1.54, 1.807) is 24.3 Å². The summed E-state index contributed by atoms with van der Waals surface area (Å²) < 4.78 is 0. The second-order valence-corrected chi connectivity index (χ2v) is 5.26. The third-order valence-corrected chi connectivity index (χ3v) is 3.49. The van der Waals surface area contributed by atoms with Gasteiger partial charge in [-0.25, -0.2) is 4.79 Å². The second kappa shape index (κ2) is 7.99. The molecule has 2 amide bonds. The fourth-order valence-corrected chi connectivity index (χ4v) is 2.34. The van der Waals surface area contributed by atoms with Crippen LogP contribution >= 0.6 is 11.6 Å². The van der Waals surface area contributed by atoms with Crippen molar-refractivity contribution in [3.63, 3.8) is 0 Å². The molecular weight excluding hydrogens is 330 g/mol. The number of halogens is 1. The molecule has 0 radical (unpaired) electrons. The SMILES string of the molecule is N#Cc1ccc(Cl)cc1C(=O)N(CCNC(=O)O)c1ccccc1. The molecule has 0 aliphatic rings. The van der Waals surface area contributed by atoms with Gasteiger partial charge in [-0.1, -0.05) is 29.8 Å². The fourth-order valence-electron chi connectivity index (χ4n) is 2.17. The van der Waals surface area contributed by atoms with Gasteiger partial charge in [-0.15, -0.1) is 0 Å². The Kier molecular flexibility index (Phi) is 5.77. The van der Waals surface area contributed by atoms with Gasteiger partial charge in [0.25, 0.3) is 5.91 Å². The first-order valence-electron chi connectivity index (χ1n) is 7.06. The van der Waals surface area contributed by atoms with Crippen LogP contribution in [-0.2, 0) is 0 Å². The van der Waals surface area contributed by atoms with Crippen LogP contribution in [0.15, 0.2) is 48.5 Å². The Balaban J connectivity index is 2.36. The fraction of sp³-hybridized carbons (Fsp3) is 0.118. The lowest BCUT2D eigenvalue weighted by Crippen LogP contribution is -2.38. The van der Waals surface area contributed by atoms with Gasteiger partial charge in [0.15, 0.2) is 0 Å². The molecule has 2 aromatic rings. The number of anilines is 1. The molecule has 122 valence electrons. The molecule has 0 aliphatic carbocycles. The molecule has 0 saturated heterocycles. The van der Waals surface area contributed by atoms with E-state index in [1.165, 1.54) is 23.1 Å². The number of benzene rings is 2. The molecule has 7 heteroatoms. The van der Waals surface area contributed by atoms with E-state index in [4.69, 9.17) is 16.7 Å². The van der Waals surface area contributed by atoms with Crippen LogP contribution in [-0.4, -0.2) is 30.2 Å². The quantitative estimate of drug-likeness (QED) is 0.872. The highest BCUT2D eigenvalue weighted by atomic mass is 35.5. The van der Waals surface area contributed by atoms with Gasteiger partial charge in [0.05, 0.1) is 17.2 Å². The van der Waals surface area contributed by atoms with Gasteiger partial charge in [0.2, 0.25) is 0 Å². The maximum atomic E-state index is 12.9. The van der Waals surface area contributed by atoms with Crippen LogP contribution in [0.3, 0.4) is 0 Å². The zero-order valence-corrected chi connectivity index (χ0v) is 13.3. The number of carbonyl (C=O) groups excluding carboxylic acids is 1. The monoisotopic (exact) mass is 343 g/mol. The number of carboxylic acid groups (broad SMARTS) is 1. The molecule has 0 heterocycles. The minimum absolute atomic E-state index is 0.0540. The Hall–Kier alpha value is -3.04. The summed E-state index contributed by atoms with van der Waals surface area (Å²) in [6, 6.07) is 15.2. The summed E-state index contributed by atoms with van der Waals surface area (Å²) in [7, 11) is 0. The molecule has 0 saturated carbocycles. The molecule has 0 unspecified atom stereocenters. The summed E-state index contributed by atoms with van der Waals surface area (Å²) in [5, 5.41) is 20.5. The van der Waals surface area contributed by atoms with Gasteiger partial charge >= 0.3 is 6.09 Å². The maximum Gasteiger partial charge on any atom is 0.404 e. The average Bonchev–Trinajstić information content (AvgIpc) is 2.58. The van der Waals surface area contributed by atoms with Crippen molar-refractivity contribution >= 4 is 29.3 Å². The minimum Gasteiger partial charge on any atom is -0.465 e. The first-order chi connectivity index (χ1) is 11.5. The van der Waals surface area contributed by atoms with Crippen LogP contribution in [0.1, 0.15) is 15.9 Å². The van der Waals surface area contributed by atoms with E-state index in [0.717, 1.165) is 0 Å². The highest BCUT2D eigenvalue weighted by Crippen LogP contribution is 2.21. The predicted molar refractivity (Wildman–Crippen MR) is 90.3 cm³/mol. The molecule has 0 aromatic heterocycles. The van der Waals surface area contributed by atoms with Crippen LogP contribution in [0, 0.1) is 11.3 Å². The van der Waals surface area contributed by atoms with Crippen LogP contribution < -0.4 is 10.2 Å². The topological polar surface area (TPSA) is 93.4 Å². The molecule has 0 spiro atoms. The number of amides is 2. The zero-order chi connectivity index (χ0) is 17.5. The highest BCUT2D eigenvalue weighted by Gasteiger charge is 2.21. The van der Waals surface area contributed by atoms with Gasteiger partial charge in [0.1, 0.15) is 0 Å². The Morgan fingerprint density at radius 1 is 1.21 bits per heavy atom. The second-order valence-electron chi connectivity index (χ2n) is 4.83. The Morgan fingerprint density at radius 3 is 2.54 bits per heavy atom. The van der Waals surface area contributed by atoms with Crippen molar-refractivity contribution in [1.29, 1.82) is 5.26 Å². The molecule has 6 nitrogen and oxygen atoms in total. The lowest BCUT2D eigenvalue weighted by atomic mass is 10.1. The summed E-state index contributed by atoms with van der Waals surface area (Å²) in [5.74, 6) is -0.424. The number of hydrogen-bond acceptors (Lipinski definition) is 3. The normalized spacial score (nSPS) is 9.83. The largest absolute Gasteiger partial charge is 0.465 e. The first-order valence-corrected chi connectivity index (χ1v) is 7.44. The Labute approximate surface area is 143 Å². The van der Waals surface area contributed by atoms with Crippen molar-refractivity contribution in [3.05, 3.63) is 64.7 Å². The minimum atomic E-state index is -1.17. The summed E-state index contributed by atoms with van der Waals surface area (Å²) in [4.78, 5) is 24.9. The summed E-state index contributed by atoms with van der Waals surface area (Å²) in [6.07, 6.45) is -1.17. The number of nitriles is 1. The number of nitrogens with one attached hydrogen (secondary N) is 1. The van der Waals surface area contributed by atoms with E-state index in [1.807, 2.05) is 12.1 Å². The smallest absolute Gasteiger partial charge is 0.404 e. The van der Waals surface area contributed by atoms with Crippen LogP contribution in [0.2, 0.25) is 5.02 Å². The van der Waals surface area contributed by atoms with E-state index in [0.29, 0.717) is 10.7 Å². The molecule has 0 atom stereocenters.